The Balaban J connectivity index is 2.07. The molecule has 0 aliphatic carbocycles. The summed E-state index contributed by atoms with van der Waals surface area (Å²) in [6.07, 6.45) is 1.58. The molecule has 1 N–H and O–H groups in total. The van der Waals surface area contributed by atoms with E-state index in [-0.39, 0.29) is 17.5 Å². The minimum Gasteiger partial charge on any atom is -0.465 e. The molecular weight excluding hydrogens is 275 g/mol. The zero-order chi connectivity index (χ0) is 15.4. The van der Waals surface area contributed by atoms with Crippen molar-refractivity contribution in [1.82, 2.24) is 4.90 Å². The topological polar surface area (TPSA) is 58.6 Å². The Morgan fingerprint density at radius 2 is 2.00 bits per heavy atom. The van der Waals surface area contributed by atoms with E-state index in [1.807, 2.05) is 0 Å². The number of amides is 1. The molecule has 0 unspecified atom stereocenters. The fourth-order valence-corrected chi connectivity index (χ4v) is 2.48. The van der Waals surface area contributed by atoms with Crippen molar-refractivity contribution in [2.24, 2.45) is 0 Å². The van der Waals surface area contributed by atoms with Gasteiger partial charge in [0, 0.05) is 31.7 Å². The highest BCUT2D eigenvalue weighted by molar-refractivity contribution is 5.95. The van der Waals surface area contributed by atoms with Crippen molar-refractivity contribution in [3.8, 4) is 0 Å². The molecule has 1 saturated heterocycles. The number of anilines is 1. The standard InChI is InChI=1S/C15H19FN2O3/c1-10(19)18-7-5-12(6-8-18)17-14-4-3-11(16)9-13(14)15(20)21-2/h3-4,9,12,17H,5-8H2,1-2H3. The Bertz CT molecular complexity index is 540. The summed E-state index contributed by atoms with van der Waals surface area (Å²) in [5, 5.41) is 3.25. The molecule has 1 aromatic carbocycles. The quantitative estimate of drug-likeness (QED) is 0.867. The van der Waals surface area contributed by atoms with E-state index in [0.717, 1.165) is 12.8 Å². The third-order valence-electron chi connectivity index (χ3n) is 3.69. The van der Waals surface area contributed by atoms with Crippen molar-refractivity contribution >= 4 is 17.6 Å². The third-order valence-corrected chi connectivity index (χ3v) is 3.69. The van der Waals surface area contributed by atoms with Crippen molar-refractivity contribution < 1.29 is 18.7 Å². The monoisotopic (exact) mass is 294 g/mol. The maximum absolute atomic E-state index is 13.3. The van der Waals surface area contributed by atoms with Gasteiger partial charge >= 0.3 is 5.97 Å². The Morgan fingerprint density at radius 1 is 1.33 bits per heavy atom. The highest BCUT2D eigenvalue weighted by Gasteiger charge is 2.22. The van der Waals surface area contributed by atoms with Gasteiger partial charge in [0.05, 0.1) is 12.7 Å². The summed E-state index contributed by atoms with van der Waals surface area (Å²) in [5.41, 5.74) is 0.746. The van der Waals surface area contributed by atoms with Gasteiger partial charge in [0.15, 0.2) is 0 Å². The largest absolute Gasteiger partial charge is 0.465 e. The minimum absolute atomic E-state index is 0.0745. The lowest BCUT2D eigenvalue weighted by atomic mass is 10.0. The summed E-state index contributed by atoms with van der Waals surface area (Å²) in [6, 6.07) is 4.16. The SMILES string of the molecule is COC(=O)c1cc(F)ccc1NC1CCN(C(C)=O)CC1. The van der Waals surface area contributed by atoms with Gasteiger partial charge in [-0.15, -0.1) is 0 Å². The van der Waals surface area contributed by atoms with Crippen LogP contribution in [0.3, 0.4) is 0 Å². The molecule has 1 aliphatic heterocycles. The molecule has 1 amide bonds. The number of benzene rings is 1. The van der Waals surface area contributed by atoms with E-state index < -0.39 is 11.8 Å². The van der Waals surface area contributed by atoms with Gasteiger partial charge in [-0.05, 0) is 31.0 Å². The van der Waals surface area contributed by atoms with E-state index >= 15 is 0 Å². The number of nitrogens with one attached hydrogen (secondary N) is 1. The Kier molecular flexibility index (Phi) is 4.77. The second-order valence-electron chi connectivity index (χ2n) is 5.11. The summed E-state index contributed by atoms with van der Waals surface area (Å²) >= 11 is 0. The van der Waals surface area contributed by atoms with Crippen LogP contribution < -0.4 is 5.32 Å². The first-order valence-electron chi connectivity index (χ1n) is 6.91. The van der Waals surface area contributed by atoms with Gasteiger partial charge in [-0.25, -0.2) is 9.18 Å². The number of hydrogen-bond donors (Lipinski definition) is 1. The van der Waals surface area contributed by atoms with E-state index in [2.05, 4.69) is 10.1 Å². The van der Waals surface area contributed by atoms with Crippen molar-refractivity contribution in [3.63, 3.8) is 0 Å². The molecule has 5 nitrogen and oxygen atoms in total. The molecule has 2 rings (SSSR count). The van der Waals surface area contributed by atoms with Gasteiger partial charge in [0.25, 0.3) is 0 Å². The molecule has 6 heteroatoms. The van der Waals surface area contributed by atoms with Crippen LogP contribution in [0.1, 0.15) is 30.1 Å². The van der Waals surface area contributed by atoms with Crippen LogP contribution in [0.25, 0.3) is 0 Å². The van der Waals surface area contributed by atoms with Gasteiger partial charge in [-0.2, -0.15) is 0 Å². The second-order valence-corrected chi connectivity index (χ2v) is 5.11. The smallest absolute Gasteiger partial charge is 0.340 e. The first-order chi connectivity index (χ1) is 10.0. The maximum atomic E-state index is 13.3. The average Bonchev–Trinajstić information content (AvgIpc) is 2.48. The van der Waals surface area contributed by atoms with Gasteiger partial charge < -0.3 is 15.0 Å². The fraction of sp³-hybridized carbons (Fsp3) is 0.467. The Labute approximate surface area is 123 Å². The zero-order valence-electron chi connectivity index (χ0n) is 12.2. The van der Waals surface area contributed by atoms with Gasteiger partial charge in [0.1, 0.15) is 5.82 Å². The number of piperidine rings is 1. The molecule has 0 atom stereocenters. The number of carbonyl (C=O) groups is 2. The normalized spacial score (nSPS) is 15.7. The molecule has 0 bridgehead atoms. The third kappa shape index (κ3) is 3.71. The average molecular weight is 294 g/mol. The van der Waals surface area contributed by atoms with Crippen LogP contribution in [-0.2, 0) is 9.53 Å². The molecular formula is C15H19FN2O3. The molecule has 21 heavy (non-hydrogen) atoms. The highest BCUT2D eigenvalue weighted by atomic mass is 19.1. The van der Waals surface area contributed by atoms with Crippen LogP contribution in [0.4, 0.5) is 10.1 Å². The number of esters is 1. The molecule has 0 aromatic heterocycles. The highest BCUT2D eigenvalue weighted by Crippen LogP contribution is 2.22. The minimum atomic E-state index is -0.571. The number of nitrogens with zero attached hydrogens (tertiary/aromatic N) is 1. The molecule has 114 valence electrons. The Morgan fingerprint density at radius 3 is 2.57 bits per heavy atom. The summed E-state index contributed by atoms with van der Waals surface area (Å²) in [7, 11) is 1.27. The van der Waals surface area contributed by atoms with Crippen LogP contribution in [0.5, 0.6) is 0 Å². The number of carbonyl (C=O) groups excluding carboxylic acids is 2. The predicted octanol–water partition coefficient (Wildman–Crippen LogP) is 2.04. The van der Waals surface area contributed by atoms with E-state index in [1.54, 1.807) is 17.9 Å². The van der Waals surface area contributed by atoms with Crippen LogP contribution in [-0.4, -0.2) is 43.0 Å². The number of ether oxygens (including phenoxy) is 1. The van der Waals surface area contributed by atoms with Crippen molar-refractivity contribution in [2.45, 2.75) is 25.8 Å². The van der Waals surface area contributed by atoms with Crippen LogP contribution >= 0.6 is 0 Å². The number of hydrogen-bond acceptors (Lipinski definition) is 4. The van der Waals surface area contributed by atoms with E-state index in [0.29, 0.717) is 18.8 Å². The van der Waals surface area contributed by atoms with E-state index in [4.69, 9.17) is 0 Å². The van der Waals surface area contributed by atoms with Crippen LogP contribution in [0, 0.1) is 5.82 Å². The molecule has 0 radical (unpaired) electrons. The molecule has 1 heterocycles. The van der Waals surface area contributed by atoms with E-state index in [9.17, 15) is 14.0 Å². The Hall–Kier alpha value is -2.11. The van der Waals surface area contributed by atoms with Crippen molar-refractivity contribution in [3.05, 3.63) is 29.6 Å². The fourth-order valence-electron chi connectivity index (χ4n) is 2.48. The molecule has 0 spiro atoms. The first-order valence-corrected chi connectivity index (χ1v) is 6.91. The van der Waals surface area contributed by atoms with Gasteiger partial charge in [-0.1, -0.05) is 0 Å². The van der Waals surface area contributed by atoms with Gasteiger partial charge in [0.2, 0.25) is 5.91 Å². The number of rotatable bonds is 3. The second kappa shape index (κ2) is 6.56. The summed E-state index contributed by atoms with van der Waals surface area (Å²) in [5.74, 6) is -0.976. The summed E-state index contributed by atoms with van der Waals surface area (Å²) in [6.45, 7) is 2.92. The van der Waals surface area contributed by atoms with E-state index in [1.165, 1.54) is 19.2 Å². The van der Waals surface area contributed by atoms with Gasteiger partial charge in [-0.3, -0.25) is 4.79 Å². The lowest BCUT2D eigenvalue weighted by molar-refractivity contribution is -0.129. The van der Waals surface area contributed by atoms with Crippen LogP contribution in [0.15, 0.2) is 18.2 Å². The van der Waals surface area contributed by atoms with Crippen molar-refractivity contribution in [1.29, 1.82) is 0 Å². The molecule has 1 aliphatic rings. The zero-order valence-corrected chi connectivity index (χ0v) is 12.2. The number of methoxy groups -OCH3 is 1. The molecule has 1 fully saturated rings. The first kappa shape index (κ1) is 15.3. The number of likely N-dealkylation sites (tertiary alicyclic amines) is 1. The van der Waals surface area contributed by atoms with Crippen LogP contribution in [0.2, 0.25) is 0 Å². The summed E-state index contributed by atoms with van der Waals surface area (Å²) < 4.78 is 18.0. The maximum Gasteiger partial charge on any atom is 0.340 e. The molecule has 0 saturated carbocycles. The van der Waals surface area contributed by atoms with Crippen molar-refractivity contribution in [2.75, 3.05) is 25.5 Å². The summed E-state index contributed by atoms with van der Waals surface area (Å²) in [4.78, 5) is 24.8. The lowest BCUT2D eigenvalue weighted by Crippen LogP contribution is -2.41. The number of halogens is 1. The molecule has 1 aromatic rings. The predicted molar refractivity (Wildman–Crippen MR) is 76.6 cm³/mol. The lowest BCUT2D eigenvalue weighted by Gasteiger charge is -2.32.